The van der Waals surface area contributed by atoms with Crippen molar-refractivity contribution in [3.05, 3.63) is 126 Å². The molecule has 2 rings (SSSR count). The van der Waals surface area contributed by atoms with Crippen molar-refractivity contribution in [3.8, 4) is 0 Å². The molecular formula is C26H29N. The van der Waals surface area contributed by atoms with Gasteiger partial charge in [0.15, 0.2) is 0 Å². The molecule has 0 fully saturated rings. The molecule has 1 aliphatic heterocycles. The van der Waals surface area contributed by atoms with Crippen LogP contribution in [0.4, 0.5) is 0 Å². The fourth-order valence-electron chi connectivity index (χ4n) is 2.73. The Morgan fingerprint density at radius 1 is 1.11 bits per heavy atom. The Balaban J connectivity index is 2.30. The monoisotopic (exact) mass is 355 g/mol. The van der Waals surface area contributed by atoms with E-state index in [4.69, 9.17) is 0 Å². The second-order valence-corrected chi connectivity index (χ2v) is 6.49. The van der Waals surface area contributed by atoms with Gasteiger partial charge in [0.25, 0.3) is 0 Å². The molecule has 0 radical (unpaired) electrons. The third-order valence-corrected chi connectivity index (χ3v) is 4.48. The van der Waals surface area contributed by atoms with Gasteiger partial charge in [-0.15, -0.1) is 0 Å². The lowest BCUT2D eigenvalue weighted by Crippen LogP contribution is -1.94. The second kappa shape index (κ2) is 10.8. The van der Waals surface area contributed by atoms with E-state index in [0.717, 1.165) is 35.1 Å². The molecule has 1 aromatic rings. The Morgan fingerprint density at radius 2 is 1.89 bits per heavy atom. The highest BCUT2D eigenvalue weighted by atomic mass is 14.8. The highest BCUT2D eigenvalue weighted by Gasteiger charge is 2.03. The summed E-state index contributed by atoms with van der Waals surface area (Å²) in [5.74, 6) is 0. The maximum Gasteiger partial charge on any atom is 0.000451 e. The number of nitrogens with one attached hydrogen (secondary N) is 1. The topological polar surface area (TPSA) is 12.0 Å². The smallest absolute Gasteiger partial charge is 0.000451 e. The zero-order valence-electron chi connectivity index (χ0n) is 16.4. The molecule has 0 spiro atoms. The lowest BCUT2D eigenvalue weighted by atomic mass is 9.96. The molecule has 0 unspecified atom stereocenters. The quantitative estimate of drug-likeness (QED) is 0.571. The van der Waals surface area contributed by atoms with E-state index in [1.165, 1.54) is 11.1 Å². The summed E-state index contributed by atoms with van der Waals surface area (Å²) >= 11 is 0. The Kier molecular flexibility index (Phi) is 8.12. The van der Waals surface area contributed by atoms with E-state index in [-0.39, 0.29) is 0 Å². The van der Waals surface area contributed by atoms with Gasteiger partial charge in [0.05, 0.1) is 0 Å². The maximum atomic E-state index is 4.24. The molecule has 1 nitrogen and oxygen atoms in total. The number of benzene rings is 1. The molecule has 0 amide bonds. The zero-order chi connectivity index (χ0) is 19.5. The van der Waals surface area contributed by atoms with Crippen molar-refractivity contribution in [2.75, 3.05) is 0 Å². The van der Waals surface area contributed by atoms with Crippen molar-refractivity contribution in [1.29, 1.82) is 0 Å². The number of rotatable bonds is 4. The van der Waals surface area contributed by atoms with E-state index in [2.05, 4.69) is 80.9 Å². The molecule has 0 aliphatic carbocycles. The molecular weight excluding hydrogens is 326 g/mol. The van der Waals surface area contributed by atoms with Crippen molar-refractivity contribution < 1.29 is 0 Å². The predicted octanol–water partition coefficient (Wildman–Crippen LogP) is 7.04. The first-order chi connectivity index (χ1) is 13.1. The van der Waals surface area contributed by atoms with Crippen LogP contribution in [-0.2, 0) is 0 Å². The van der Waals surface area contributed by atoms with Gasteiger partial charge in [0.1, 0.15) is 0 Å². The molecule has 1 aliphatic rings. The molecule has 1 heteroatoms. The first kappa shape index (κ1) is 20.3. The standard InChI is InChI=1S/C26H29N/c1-5-24(17-16-22(3)25-13-7-6-8-14-25)26-15-11-19-27-18-10-9-12-21(2)23(4)20-26/h5-8,10-11,13-20,27H,2-3,9,12H2,1,4H3/b17-16-,18-10-,19-11?,23-20+,24-5+,26-15+. The SMILES string of the molecule is C=C1CC/C=C\NC=C/C=C(C(/C=C\C(=C)c2ccccc2)=C/C)\C=C\1C. The molecule has 1 heterocycles. The summed E-state index contributed by atoms with van der Waals surface area (Å²) in [4.78, 5) is 0. The maximum absolute atomic E-state index is 4.24. The van der Waals surface area contributed by atoms with Gasteiger partial charge < -0.3 is 5.32 Å². The van der Waals surface area contributed by atoms with Crippen LogP contribution < -0.4 is 5.32 Å². The van der Waals surface area contributed by atoms with E-state index in [0.29, 0.717) is 0 Å². The summed E-state index contributed by atoms with van der Waals surface area (Å²) in [6.07, 6.45) is 20.7. The molecule has 0 saturated carbocycles. The molecule has 1 aromatic carbocycles. The van der Waals surface area contributed by atoms with Crippen LogP contribution in [0.2, 0.25) is 0 Å². The third-order valence-electron chi connectivity index (χ3n) is 4.48. The molecule has 0 aromatic heterocycles. The van der Waals surface area contributed by atoms with E-state index in [9.17, 15) is 0 Å². The predicted molar refractivity (Wildman–Crippen MR) is 120 cm³/mol. The van der Waals surface area contributed by atoms with Crippen molar-refractivity contribution in [3.63, 3.8) is 0 Å². The van der Waals surface area contributed by atoms with Crippen LogP contribution in [0.25, 0.3) is 5.57 Å². The molecule has 27 heavy (non-hydrogen) atoms. The van der Waals surface area contributed by atoms with Gasteiger partial charge in [-0.3, -0.25) is 0 Å². The van der Waals surface area contributed by atoms with E-state index >= 15 is 0 Å². The number of allylic oxidation sites excluding steroid dienone is 12. The van der Waals surface area contributed by atoms with Crippen LogP contribution in [-0.4, -0.2) is 0 Å². The van der Waals surface area contributed by atoms with Gasteiger partial charge in [0.2, 0.25) is 0 Å². The van der Waals surface area contributed by atoms with E-state index < -0.39 is 0 Å². The van der Waals surface area contributed by atoms with Crippen molar-refractivity contribution >= 4 is 5.57 Å². The lowest BCUT2D eigenvalue weighted by molar-refractivity contribution is 0.977. The first-order valence-electron chi connectivity index (χ1n) is 9.35. The molecule has 1 N–H and O–H groups in total. The fraction of sp³-hybridized carbons (Fsp3) is 0.154. The number of hydrogen-bond acceptors (Lipinski definition) is 1. The Labute approximate surface area is 164 Å². The minimum absolute atomic E-state index is 0.962. The van der Waals surface area contributed by atoms with Crippen LogP contribution in [0.5, 0.6) is 0 Å². The van der Waals surface area contributed by atoms with Crippen LogP contribution in [0.3, 0.4) is 0 Å². The minimum Gasteiger partial charge on any atom is -0.368 e. The van der Waals surface area contributed by atoms with Gasteiger partial charge in [-0.25, -0.2) is 0 Å². The van der Waals surface area contributed by atoms with Gasteiger partial charge in [-0.05, 0) is 66.8 Å². The van der Waals surface area contributed by atoms with Crippen molar-refractivity contribution in [2.24, 2.45) is 0 Å². The van der Waals surface area contributed by atoms with Crippen molar-refractivity contribution in [1.82, 2.24) is 5.32 Å². The van der Waals surface area contributed by atoms with Crippen LogP contribution in [0, 0.1) is 0 Å². The largest absolute Gasteiger partial charge is 0.368 e. The van der Waals surface area contributed by atoms with Crippen LogP contribution in [0.15, 0.2) is 121 Å². The third kappa shape index (κ3) is 6.63. The van der Waals surface area contributed by atoms with Gasteiger partial charge >= 0.3 is 0 Å². The van der Waals surface area contributed by atoms with Gasteiger partial charge in [-0.1, -0.05) is 85.5 Å². The highest BCUT2D eigenvalue weighted by molar-refractivity contribution is 5.73. The van der Waals surface area contributed by atoms with Gasteiger partial charge in [0, 0.05) is 6.20 Å². The summed E-state index contributed by atoms with van der Waals surface area (Å²) in [5.41, 5.74) is 6.81. The van der Waals surface area contributed by atoms with E-state index in [1.807, 2.05) is 36.7 Å². The summed E-state index contributed by atoms with van der Waals surface area (Å²) in [6.45, 7) is 12.6. The highest BCUT2D eigenvalue weighted by Crippen LogP contribution is 2.22. The molecule has 138 valence electrons. The van der Waals surface area contributed by atoms with Gasteiger partial charge in [-0.2, -0.15) is 0 Å². The van der Waals surface area contributed by atoms with Crippen LogP contribution >= 0.6 is 0 Å². The zero-order valence-corrected chi connectivity index (χ0v) is 16.4. The van der Waals surface area contributed by atoms with E-state index in [1.54, 1.807) is 0 Å². The Bertz CT molecular complexity index is 839. The Hall–Kier alpha value is -3.06. The fourth-order valence-corrected chi connectivity index (χ4v) is 2.73. The number of hydrogen-bond donors (Lipinski definition) is 1. The summed E-state index contributed by atoms with van der Waals surface area (Å²) in [6, 6.07) is 10.2. The average Bonchev–Trinajstić information content (AvgIpc) is 2.69. The minimum atomic E-state index is 0.962. The molecule has 0 bridgehead atoms. The first-order valence-corrected chi connectivity index (χ1v) is 9.35. The summed E-state index contributed by atoms with van der Waals surface area (Å²) in [7, 11) is 0. The van der Waals surface area contributed by atoms with Crippen LogP contribution in [0.1, 0.15) is 32.3 Å². The Morgan fingerprint density at radius 3 is 2.63 bits per heavy atom. The lowest BCUT2D eigenvalue weighted by Gasteiger charge is -2.09. The normalized spacial score (nSPS) is 21.3. The summed E-state index contributed by atoms with van der Waals surface area (Å²) in [5, 5.41) is 3.17. The van der Waals surface area contributed by atoms with Crippen molar-refractivity contribution in [2.45, 2.75) is 26.7 Å². The summed E-state index contributed by atoms with van der Waals surface area (Å²) < 4.78 is 0. The molecule has 0 atom stereocenters. The molecule has 0 saturated heterocycles. The second-order valence-electron chi connectivity index (χ2n) is 6.49. The average molecular weight is 356 g/mol.